The van der Waals surface area contributed by atoms with Gasteiger partial charge in [0.15, 0.2) is 6.04 Å². The molecule has 7 rings (SSSR count). The molecule has 3 aliphatic rings. The minimum Gasteiger partial charge on any atom is -0.481 e. The van der Waals surface area contributed by atoms with Crippen molar-refractivity contribution in [3.05, 3.63) is 65.4 Å². The predicted molar refractivity (Wildman–Crippen MR) is 160 cm³/mol. The summed E-state index contributed by atoms with van der Waals surface area (Å²) in [4.78, 5) is 30.9. The van der Waals surface area contributed by atoms with Gasteiger partial charge < -0.3 is 19.3 Å². The third kappa shape index (κ3) is 4.91. The Morgan fingerprint density at radius 1 is 1.20 bits per heavy atom. The van der Waals surface area contributed by atoms with Crippen LogP contribution in [0.15, 0.2) is 42.9 Å². The maximum atomic E-state index is 15.6. The fourth-order valence-corrected chi connectivity index (χ4v) is 7.58. The molecule has 1 saturated carbocycles. The van der Waals surface area contributed by atoms with E-state index in [1.807, 2.05) is 17.0 Å². The zero-order valence-electron chi connectivity index (χ0n) is 25.3. The molecule has 4 heterocycles. The number of nitrogens with zero attached hydrogens (tertiary/aromatic N) is 5. The highest BCUT2D eigenvalue weighted by Crippen LogP contribution is 2.49. The molecule has 0 bridgehead atoms. The highest BCUT2D eigenvalue weighted by atomic mass is 19.3. The summed E-state index contributed by atoms with van der Waals surface area (Å²) >= 11 is 0. The van der Waals surface area contributed by atoms with Crippen LogP contribution in [-0.4, -0.2) is 67.9 Å². The summed E-state index contributed by atoms with van der Waals surface area (Å²) in [5.74, 6) is -2.66. The van der Waals surface area contributed by atoms with Gasteiger partial charge in [0.05, 0.1) is 43.2 Å². The smallest absolute Gasteiger partial charge is 0.337 e. The van der Waals surface area contributed by atoms with Crippen molar-refractivity contribution in [3.63, 3.8) is 0 Å². The molecule has 2 unspecified atom stereocenters. The number of imidazole rings is 1. The molecule has 13 heteroatoms. The Labute approximate surface area is 261 Å². The summed E-state index contributed by atoms with van der Waals surface area (Å²) in [5.41, 5.74) is 1.85. The van der Waals surface area contributed by atoms with E-state index in [2.05, 4.69) is 10.1 Å². The number of carbonyl (C=O) groups is 2. The van der Waals surface area contributed by atoms with Crippen LogP contribution in [0.5, 0.6) is 0 Å². The number of ether oxygens (including phenoxy) is 1. The average Bonchev–Trinajstić information content (AvgIpc) is 3.80. The quantitative estimate of drug-likeness (QED) is 0.191. The summed E-state index contributed by atoms with van der Waals surface area (Å²) < 4.78 is 67.2. The van der Waals surface area contributed by atoms with E-state index in [0.29, 0.717) is 35.3 Å². The molecule has 46 heavy (non-hydrogen) atoms. The van der Waals surface area contributed by atoms with Crippen LogP contribution in [0.25, 0.3) is 22.0 Å². The zero-order valence-corrected chi connectivity index (χ0v) is 25.3. The maximum Gasteiger partial charge on any atom is 0.337 e. The minimum atomic E-state index is -2.84. The second-order valence-electron chi connectivity index (χ2n) is 12.6. The molecule has 2 aliphatic heterocycles. The first-order valence-corrected chi connectivity index (χ1v) is 15.4. The number of esters is 1. The molecule has 1 saturated heterocycles. The van der Waals surface area contributed by atoms with Gasteiger partial charge in [0.1, 0.15) is 11.8 Å². The lowest BCUT2D eigenvalue weighted by atomic mass is 9.95. The number of alkyl halides is 4. The lowest BCUT2D eigenvalue weighted by Crippen LogP contribution is -2.30. The number of rotatable bonds is 8. The average molecular weight is 640 g/mol. The largest absolute Gasteiger partial charge is 0.481 e. The molecule has 2 fully saturated rings. The van der Waals surface area contributed by atoms with Crippen LogP contribution in [0.1, 0.15) is 54.7 Å². The first kappa shape index (κ1) is 30.2. The molecular formula is C33H33F4N5O4. The molecule has 9 nitrogen and oxygen atoms in total. The van der Waals surface area contributed by atoms with E-state index in [1.54, 1.807) is 30.5 Å². The first-order valence-electron chi connectivity index (χ1n) is 15.4. The van der Waals surface area contributed by atoms with E-state index in [0.717, 1.165) is 5.69 Å². The number of carboxylic acid groups (broad SMARTS) is 1. The van der Waals surface area contributed by atoms with Gasteiger partial charge in [0, 0.05) is 47.4 Å². The molecule has 4 aromatic rings. The van der Waals surface area contributed by atoms with Gasteiger partial charge in [-0.05, 0) is 61.6 Å². The van der Waals surface area contributed by atoms with Crippen molar-refractivity contribution in [3.8, 4) is 11.1 Å². The summed E-state index contributed by atoms with van der Waals surface area (Å²) in [7, 11) is 0. The number of hydrogen-bond donors (Lipinski definition) is 1. The van der Waals surface area contributed by atoms with Gasteiger partial charge in [0.2, 0.25) is 0 Å². The molecule has 0 amide bonds. The van der Waals surface area contributed by atoms with Crippen LogP contribution in [0, 0.1) is 18.8 Å². The van der Waals surface area contributed by atoms with Gasteiger partial charge in [-0.25, -0.2) is 27.3 Å². The Hall–Kier alpha value is -4.42. The lowest BCUT2D eigenvalue weighted by molar-refractivity contribution is -0.146. The number of aromatic nitrogens is 4. The second kappa shape index (κ2) is 11.1. The molecule has 0 spiro atoms. The van der Waals surface area contributed by atoms with Crippen LogP contribution in [-0.2, 0) is 27.3 Å². The predicted octanol–water partition coefficient (Wildman–Crippen LogP) is 5.83. The molecule has 1 N–H and O–H groups in total. The van der Waals surface area contributed by atoms with E-state index < -0.39 is 42.2 Å². The van der Waals surface area contributed by atoms with Crippen LogP contribution >= 0.6 is 0 Å². The Morgan fingerprint density at radius 2 is 1.96 bits per heavy atom. The van der Waals surface area contributed by atoms with Crippen molar-refractivity contribution in [2.24, 2.45) is 11.8 Å². The highest BCUT2D eigenvalue weighted by molar-refractivity contribution is 5.92. The molecule has 2 aromatic heterocycles. The van der Waals surface area contributed by atoms with Crippen LogP contribution in [0.4, 0.5) is 23.2 Å². The lowest BCUT2D eigenvalue weighted by Gasteiger charge is -2.22. The number of halogens is 4. The number of benzene rings is 2. The summed E-state index contributed by atoms with van der Waals surface area (Å²) in [6.45, 7) is 4.13. The summed E-state index contributed by atoms with van der Waals surface area (Å²) in [6, 6.07) is 7.44. The van der Waals surface area contributed by atoms with Crippen LogP contribution < -0.4 is 4.90 Å². The Kier molecular flexibility index (Phi) is 7.32. The SMILES string of the molecule is CCOC(=O)C(c1ncn2c1C[C@@H](F)C2)n1cc2c(C(F)F)cc(-c3ccc(N4C[C@H]5CC(C(=O)O)C[C@@]5(F)C4)cc3)c(C)c2n1. The van der Waals surface area contributed by atoms with Crippen molar-refractivity contribution < 1.29 is 37.0 Å². The number of carbonyl (C=O) groups excluding carboxylic acids is 1. The highest BCUT2D eigenvalue weighted by Gasteiger charge is 2.55. The third-order valence-electron chi connectivity index (χ3n) is 9.83. The third-order valence-corrected chi connectivity index (χ3v) is 9.83. The fourth-order valence-electron chi connectivity index (χ4n) is 7.58. The summed E-state index contributed by atoms with van der Waals surface area (Å²) in [6.07, 6.45) is -0.724. The molecule has 0 radical (unpaired) electrons. The Bertz CT molecular complexity index is 1840. The monoisotopic (exact) mass is 639 g/mol. The van der Waals surface area contributed by atoms with Gasteiger partial charge in [-0.3, -0.25) is 9.48 Å². The van der Waals surface area contributed by atoms with Gasteiger partial charge in [-0.2, -0.15) is 5.10 Å². The van der Waals surface area contributed by atoms with Crippen molar-refractivity contribution in [2.45, 2.75) is 64.0 Å². The van der Waals surface area contributed by atoms with E-state index in [9.17, 15) is 27.9 Å². The second-order valence-corrected chi connectivity index (χ2v) is 12.6. The minimum absolute atomic E-state index is 0.000436. The molecule has 5 atom stereocenters. The van der Waals surface area contributed by atoms with Gasteiger partial charge in [-0.1, -0.05) is 12.1 Å². The number of anilines is 1. The van der Waals surface area contributed by atoms with E-state index in [4.69, 9.17) is 4.74 Å². The molecule has 1 aliphatic carbocycles. The van der Waals surface area contributed by atoms with E-state index in [-0.39, 0.29) is 60.6 Å². The number of hydrogen-bond acceptors (Lipinski definition) is 6. The zero-order chi connectivity index (χ0) is 32.5. The number of aliphatic carboxylic acids is 1. The van der Waals surface area contributed by atoms with Gasteiger partial charge in [-0.15, -0.1) is 0 Å². The Balaban J connectivity index is 1.23. The molecule has 242 valence electrons. The number of fused-ring (bicyclic) bond motifs is 3. The maximum absolute atomic E-state index is 15.6. The van der Waals surface area contributed by atoms with E-state index in [1.165, 1.54) is 23.3 Å². The number of carboxylic acids is 1. The Morgan fingerprint density at radius 3 is 2.63 bits per heavy atom. The standard InChI is InChI=1S/C33H33F4N5O4/c1-3-46-32(45)29(28-26-9-21(34)13-41(26)16-38-28)42-14-25-24(30(35)36)10-23(17(2)27(25)39-42)18-4-6-22(7-5-18)40-12-20-8-19(31(43)44)11-33(20,37)15-40/h4-7,10,14,16,19-21,29-30H,3,8-9,11-13,15H2,1-2H3,(H,43,44)/t19?,20-,21-,29?,33-/m1/s1. The molecule has 2 aromatic carbocycles. The normalized spacial score (nSPS) is 24.5. The molecular weight excluding hydrogens is 606 g/mol. The van der Waals surface area contributed by atoms with Crippen molar-refractivity contribution in [2.75, 3.05) is 24.6 Å². The van der Waals surface area contributed by atoms with Gasteiger partial charge in [0.25, 0.3) is 6.43 Å². The van der Waals surface area contributed by atoms with Crippen LogP contribution in [0.3, 0.4) is 0 Å². The fraction of sp³-hybridized carbons (Fsp3) is 0.455. The van der Waals surface area contributed by atoms with Crippen LogP contribution in [0.2, 0.25) is 0 Å². The van der Waals surface area contributed by atoms with Crippen molar-refractivity contribution in [1.29, 1.82) is 0 Å². The van der Waals surface area contributed by atoms with Crippen molar-refractivity contribution in [1.82, 2.24) is 19.3 Å². The van der Waals surface area contributed by atoms with Crippen molar-refractivity contribution >= 4 is 28.5 Å². The van der Waals surface area contributed by atoms with Gasteiger partial charge >= 0.3 is 11.9 Å². The first-order chi connectivity index (χ1) is 22.0. The summed E-state index contributed by atoms with van der Waals surface area (Å²) in [5, 5.41) is 14.1. The number of aryl methyl sites for hydroxylation is 1. The van der Waals surface area contributed by atoms with E-state index >= 15 is 4.39 Å². The topological polar surface area (TPSA) is 102 Å².